The number of aliphatic hydroxyl groups is 1. The normalized spacial score (nSPS) is 23.6. The SMILES string of the molecule is CC(C)Oc1ccc(-c2nc(C3=C4CCCC(NC(=O)N5CCCC(O)C5)C4CC=CC3)no2)cc1C#N. The van der Waals surface area contributed by atoms with E-state index in [4.69, 9.17) is 14.2 Å². The van der Waals surface area contributed by atoms with Gasteiger partial charge in [-0.3, -0.25) is 0 Å². The first kappa shape index (κ1) is 26.0. The van der Waals surface area contributed by atoms with Crippen molar-refractivity contribution in [2.45, 2.75) is 77.0 Å². The predicted molar refractivity (Wildman–Crippen MR) is 142 cm³/mol. The Morgan fingerprint density at radius 2 is 2.16 bits per heavy atom. The average Bonchev–Trinajstić information content (AvgIpc) is 3.29. The number of ether oxygens (including phenoxy) is 1. The Hall–Kier alpha value is -3.64. The van der Waals surface area contributed by atoms with Crippen molar-refractivity contribution < 1.29 is 19.2 Å². The second kappa shape index (κ2) is 11.4. The van der Waals surface area contributed by atoms with Crippen LogP contribution in [0, 0.1) is 17.2 Å². The Kier molecular flexibility index (Phi) is 7.79. The highest BCUT2D eigenvalue weighted by atomic mass is 16.5. The maximum atomic E-state index is 13.0. The number of amides is 2. The van der Waals surface area contributed by atoms with E-state index in [1.54, 1.807) is 17.0 Å². The van der Waals surface area contributed by atoms with E-state index in [-0.39, 0.29) is 24.1 Å². The molecule has 200 valence electrons. The Bertz CT molecular complexity index is 1270. The van der Waals surface area contributed by atoms with Gasteiger partial charge in [-0.2, -0.15) is 10.2 Å². The molecule has 1 aromatic carbocycles. The van der Waals surface area contributed by atoms with Gasteiger partial charge >= 0.3 is 6.03 Å². The number of benzene rings is 1. The molecule has 2 amide bonds. The number of carbonyl (C=O) groups excluding carboxylic acids is 1. The quantitative estimate of drug-likeness (QED) is 0.544. The maximum absolute atomic E-state index is 13.0. The smallest absolute Gasteiger partial charge is 0.317 e. The lowest BCUT2D eigenvalue weighted by molar-refractivity contribution is 0.0822. The molecular weight excluding hydrogens is 482 g/mol. The molecule has 3 aliphatic rings. The van der Waals surface area contributed by atoms with Crippen LogP contribution >= 0.6 is 0 Å². The van der Waals surface area contributed by atoms with Gasteiger partial charge in [0.1, 0.15) is 11.8 Å². The van der Waals surface area contributed by atoms with Crippen LogP contribution in [0.3, 0.4) is 0 Å². The van der Waals surface area contributed by atoms with Gasteiger partial charge in [0, 0.05) is 36.2 Å². The lowest BCUT2D eigenvalue weighted by Gasteiger charge is -2.37. The summed E-state index contributed by atoms with van der Waals surface area (Å²) in [6.07, 6.45) is 9.77. The molecule has 0 radical (unpaired) electrons. The zero-order valence-electron chi connectivity index (χ0n) is 22.0. The number of β-amino-alcohol motifs (C(OH)–C–C–N with tert-alkyl or cyclic N) is 1. The third kappa shape index (κ3) is 5.60. The van der Waals surface area contributed by atoms with Crippen molar-refractivity contribution in [1.29, 1.82) is 5.26 Å². The van der Waals surface area contributed by atoms with Crippen molar-refractivity contribution in [1.82, 2.24) is 20.4 Å². The van der Waals surface area contributed by atoms with Gasteiger partial charge in [0.25, 0.3) is 5.89 Å². The van der Waals surface area contributed by atoms with Gasteiger partial charge in [0.05, 0.1) is 17.8 Å². The molecule has 9 nitrogen and oxygen atoms in total. The first-order valence-corrected chi connectivity index (χ1v) is 13.6. The maximum Gasteiger partial charge on any atom is 0.317 e. The highest BCUT2D eigenvalue weighted by molar-refractivity contribution is 5.75. The number of fused-ring (bicyclic) bond motifs is 1. The Labute approximate surface area is 223 Å². The number of carbonyl (C=O) groups is 1. The third-order valence-electron chi connectivity index (χ3n) is 7.56. The third-order valence-corrected chi connectivity index (χ3v) is 7.56. The number of hydrogen-bond acceptors (Lipinski definition) is 7. The fourth-order valence-electron chi connectivity index (χ4n) is 5.77. The second-order valence-corrected chi connectivity index (χ2v) is 10.6. The largest absolute Gasteiger partial charge is 0.490 e. The van der Waals surface area contributed by atoms with Gasteiger partial charge < -0.3 is 24.6 Å². The van der Waals surface area contributed by atoms with Gasteiger partial charge in [0.15, 0.2) is 5.82 Å². The lowest BCUT2D eigenvalue weighted by Crippen LogP contribution is -2.52. The van der Waals surface area contributed by atoms with Gasteiger partial charge in [-0.05, 0) is 77.0 Å². The van der Waals surface area contributed by atoms with Crippen LogP contribution in [0.4, 0.5) is 4.79 Å². The van der Waals surface area contributed by atoms with E-state index in [1.165, 1.54) is 5.57 Å². The van der Waals surface area contributed by atoms with Crippen molar-refractivity contribution in [3.63, 3.8) is 0 Å². The highest BCUT2D eigenvalue weighted by Crippen LogP contribution is 2.40. The van der Waals surface area contributed by atoms with Crippen LogP contribution in [0.25, 0.3) is 17.0 Å². The van der Waals surface area contributed by atoms with Crippen LogP contribution < -0.4 is 10.1 Å². The Morgan fingerprint density at radius 1 is 1.29 bits per heavy atom. The Balaban J connectivity index is 1.38. The van der Waals surface area contributed by atoms with Crippen LogP contribution in [0.5, 0.6) is 5.75 Å². The number of nitrogens with one attached hydrogen (secondary N) is 1. The number of nitriles is 1. The summed E-state index contributed by atoms with van der Waals surface area (Å²) in [4.78, 5) is 19.5. The Morgan fingerprint density at radius 3 is 2.95 bits per heavy atom. The molecule has 38 heavy (non-hydrogen) atoms. The lowest BCUT2D eigenvalue weighted by atomic mass is 9.76. The molecule has 2 aromatic rings. The van der Waals surface area contributed by atoms with Crippen LogP contribution in [-0.4, -0.2) is 57.5 Å². The number of aliphatic hydroxyl groups excluding tert-OH is 1. The van der Waals surface area contributed by atoms with E-state index >= 15 is 0 Å². The zero-order valence-corrected chi connectivity index (χ0v) is 22.0. The summed E-state index contributed by atoms with van der Waals surface area (Å²) < 4.78 is 11.4. The minimum Gasteiger partial charge on any atom is -0.490 e. The molecular formula is C29H35N5O4. The molecule has 1 saturated heterocycles. The molecule has 9 heteroatoms. The summed E-state index contributed by atoms with van der Waals surface area (Å²) in [5, 5.41) is 27.2. The van der Waals surface area contributed by atoms with E-state index in [9.17, 15) is 15.2 Å². The molecule has 1 aliphatic heterocycles. The van der Waals surface area contributed by atoms with E-state index in [1.807, 2.05) is 19.9 Å². The summed E-state index contributed by atoms with van der Waals surface area (Å²) in [6.45, 7) is 4.91. The number of piperidine rings is 1. The van der Waals surface area contributed by atoms with Gasteiger partial charge in [0.2, 0.25) is 0 Å². The molecule has 3 unspecified atom stereocenters. The van der Waals surface area contributed by atoms with Crippen molar-refractivity contribution in [3.05, 3.63) is 47.3 Å². The van der Waals surface area contributed by atoms with Crippen molar-refractivity contribution >= 4 is 11.6 Å². The highest BCUT2D eigenvalue weighted by Gasteiger charge is 2.34. The van der Waals surface area contributed by atoms with E-state index in [0.29, 0.717) is 48.1 Å². The number of urea groups is 1. The first-order valence-electron chi connectivity index (χ1n) is 13.6. The number of hydrogen-bond donors (Lipinski definition) is 2. The fraction of sp³-hybridized carbons (Fsp3) is 0.517. The summed E-state index contributed by atoms with van der Waals surface area (Å²) in [5.41, 5.74) is 3.41. The van der Waals surface area contributed by atoms with Crippen molar-refractivity contribution in [2.24, 2.45) is 5.92 Å². The van der Waals surface area contributed by atoms with E-state index in [0.717, 1.165) is 44.1 Å². The van der Waals surface area contributed by atoms with Gasteiger partial charge in [-0.15, -0.1) is 0 Å². The monoisotopic (exact) mass is 517 g/mol. The number of allylic oxidation sites excluding steroid dienone is 3. The standard InChI is InChI=1S/C29H35N5O4/c1-18(2)37-26-13-12-19(15-20(26)16-30)28-32-27(33-38-28)24-9-4-3-8-23-22(24)10-5-11-25(23)31-29(36)34-14-6-7-21(35)17-34/h3-4,12-13,15,18,21,23,25,35H,5-11,14,17H2,1-2H3,(H,31,36). The topological polar surface area (TPSA) is 125 Å². The minimum absolute atomic E-state index is 0.0149. The molecule has 0 spiro atoms. The van der Waals surface area contributed by atoms with Crippen LogP contribution in [0.1, 0.15) is 70.2 Å². The number of likely N-dealkylation sites (tertiary alicyclic amines) is 1. The molecule has 2 aliphatic carbocycles. The van der Waals surface area contributed by atoms with Gasteiger partial charge in [-0.25, -0.2) is 4.79 Å². The number of nitrogens with zero attached hydrogens (tertiary/aromatic N) is 4. The van der Waals surface area contributed by atoms with Gasteiger partial charge in [-0.1, -0.05) is 22.9 Å². The summed E-state index contributed by atoms with van der Waals surface area (Å²) >= 11 is 0. The predicted octanol–water partition coefficient (Wildman–Crippen LogP) is 4.83. The van der Waals surface area contributed by atoms with Crippen LogP contribution in [-0.2, 0) is 0 Å². The summed E-state index contributed by atoms with van der Waals surface area (Å²) in [7, 11) is 0. The molecule has 3 atom stereocenters. The van der Waals surface area contributed by atoms with Crippen LogP contribution in [0.15, 0.2) is 40.4 Å². The molecule has 2 N–H and O–H groups in total. The minimum atomic E-state index is -0.445. The van der Waals surface area contributed by atoms with Crippen LogP contribution in [0.2, 0.25) is 0 Å². The first-order chi connectivity index (χ1) is 18.4. The van der Waals surface area contributed by atoms with Crippen molar-refractivity contribution in [2.75, 3.05) is 13.1 Å². The van der Waals surface area contributed by atoms with E-state index in [2.05, 4.69) is 28.7 Å². The molecule has 1 aromatic heterocycles. The van der Waals surface area contributed by atoms with E-state index < -0.39 is 6.10 Å². The second-order valence-electron chi connectivity index (χ2n) is 10.6. The average molecular weight is 518 g/mol. The molecule has 2 heterocycles. The molecule has 0 bridgehead atoms. The zero-order chi connectivity index (χ0) is 26.6. The number of rotatable bonds is 5. The molecule has 2 fully saturated rings. The molecule has 5 rings (SSSR count). The summed E-state index contributed by atoms with van der Waals surface area (Å²) in [6, 6.07) is 7.42. The van der Waals surface area contributed by atoms with Crippen molar-refractivity contribution in [3.8, 4) is 23.3 Å². The fourth-order valence-corrected chi connectivity index (χ4v) is 5.77. The molecule has 1 saturated carbocycles. The number of aromatic nitrogens is 2. The summed E-state index contributed by atoms with van der Waals surface area (Å²) in [5.74, 6) is 1.60.